The molecule has 38 heavy (non-hydrogen) atoms. The highest BCUT2D eigenvalue weighted by Crippen LogP contribution is 2.39. The van der Waals surface area contributed by atoms with Gasteiger partial charge in [-0.25, -0.2) is 0 Å². The fraction of sp³-hybridized carbons (Fsp3) is 0.0968. The van der Waals surface area contributed by atoms with Crippen molar-refractivity contribution in [3.8, 4) is 23.0 Å². The Bertz CT molecular complexity index is 1570. The van der Waals surface area contributed by atoms with Gasteiger partial charge in [-0.05, 0) is 67.1 Å². The maximum atomic E-state index is 13.0. The number of phenolic OH excluding ortho intramolecular Hbond substituents is 1. The molecule has 5 rings (SSSR count). The van der Waals surface area contributed by atoms with Crippen molar-refractivity contribution in [1.82, 2.24) is 10.3 Å². The zero-order valence-electron chi connectivity index (χ0n) is 20.6. The number of hydrogen-bond acceptors (Lipinski definition) is 5. The summed E-state index contributed by atoms with van der Waals surface area (Å²) in [6, 6.07) is 28.6. The number of hydrogen-bond donors (Lipinski definition) is 2. The van der Waals surface area contributed by atoms with E-state index in [9.17, 15) is 9.90 Å². The number of aromatic hydroxyl groups is 1. The molecule has 0 radical (unpaired) electrons. The van der Waals surface area contributed by atoms with Gasteiger partial charge < -0.3 is 19.9 Å². The van der Waals surface area contributed by atoms with Crippen molar-refractivity contribution in [3.63, 3.8) is 0 Å². The normalized spacial score (nSPS) is 11.6. The topological polar surface area (TPSA) is 80.7 Å². The van der Waals surface area contributed by atoms with E-state index in [-0.39, 0.29) is 18.3 Å². The van der Waals surface area contributed by atoms with E-state index in [4.69, 9.17) is 21.1 Å². The van der Waals surface area contributed by atoms with Gasteiger partial charge in [0.1, 0.15) is 28.5 Å². The zero-order valence-corrected chi connectivity index (χ0v) is 21.4. The van der Waals surface area contributed by atoms with Crippen molar-refractivity contribution in [2.24, 2.45) is 0 Å². The van der Waals surface area contributed by atoms with Gasteiger partial charge in [-0.15, -0.1) is 0 Å². The van der Waals surface area contributed by atoms with Gasteiger partial charge in [0, 0.05) is 17.1 Å². The summed E-state index contributed by atoms with van der Waals surface area (Å²) in [4.78, 5) is 17.4. The van der Waals surface area contributed by atoms with Crippen LogP contribution in [-0.2, 0) is 4.79 Å². The number of halogens is 1. The first kappa shape index (κ1) is 25.1. The zero-order chi connectivity index (χ0) is 26.5. The number of phenols is 1. The van der Waals surface area contributed by atoms with E-state index in [1.165, 1.54) is 0 Å². The third kappa shape index (κ3) is 5.71. The third-order valence-electron chi connectivity index (χ3n) is 6.02. The molecule has 1 heterocycles. The van der Waals surface area contributed by atoms with Crippen LogP contribution in [0.3, 0.4) is 0 Å². The number of amides is 1. The Kier molecular flexibility index (Phi) is 7.43. The first-order valence-corrected chi connectivity index (χ1v) is 12.4. The predicted molar refractivity (Wildman–Crippen MR) is 148 cm³/mol. The fourth-order valence-electron chi connectivity index (χ4n) is 4.14. The van der Waals surface area contributed by atoms with Crippen LogP contribution in [0.1, 0.15) is 22.7 Å². The average molecular weight is 525 g/mol. The third-order valence-corrected chi connectivity index (χ3v) is 6.34. The summed E-state index contributed by atoms with van der Waals surface area (Å²) in [6.45, 7) is 1.80. The van der Waals surface area contributed by atoms with Crippen LogP contribution in [0, 0.1) is 6.92 Å². The minimum absolute atomic E-state index is 0.0656. The number of nitrogens with zero attached hydrogens (tertiary/aromatic N) is 1. The molecule has 6 nitrogen and oxygen atoms in total. The van der Waals surface area contributed by atoms with Crippen LogP contribution in [0.15, 0.2) is 103 Å². The van der Waals surface area contributed by atoms with Gasteiger partial charge in [-0.1, -0.05) is 59.6 Å². The molecule has 0 bridgehead atoms. The monoisotopic (exact) mass is 524 g/mol. The minimum Gasteiger partial charge on any atom is -0.505 e. The van der Waals surface area contributed by atoms with Crippen LogP contribution in [-0.4, -0.2) is 22.6 Å². The number of aryl methyl sites for hydroxylation is 1. The van der Waals surface area contributed by atoms with E-state index in [1.54, 1.807) is 36.5 Å². The Morgan fingerprint density at radius 3 is 2.47 bits per heavy atom. The van der Waals surface area contributed by atoms with Crippen molar-refractivity contribution >= 4 is 28.4 Å². The summed E-state index contributed by atoms with van der Waals surface area (Å²) in [7, 11) is 0. The minimum atomic E-state index is -0.757. The molecule has 7 heteroatoms. The van der Waals surface area contributed by atoms with Gasteiger partial charge in [-0.3, -0.25) is 9.78 Å². The van der Waals surface area contributed by atoms with Crippen molar-refractivity contribution < 1.29 is 19.4 Å². The number of pyridine rings is 1. The van der Waals surface area contributed by atoms with E-state index in [2.05, 4.69) is 10.3 Å². The van der Waals surface area contributed by atoms with Crippen LogP contribution in [0.4, 0.5) is 0 Å². The van der Waals surface area contributed by atoms with E-state index < -0.39 is 6.04 Å². The van der Waals surface area contributed by atoms with Gasteiger partial charge in [-0.2, -0.15) is 0 Å². The van der Waals surface area contributed by atoms with Gasteiger partial charge in [0.25, 0.3) is 5.91 Å². The van der Waals surface area contributed by atoms with Crippen LogP contribution in [0.5, 0.6) is 23.0 Å². The predicted octanol–water partition coefficient (Wildman–Crippen LogP) is 6.98. The Hall–Kier alpha value is -4.55. The fourth-order valence-corrected chi connectivity index (χ4v) is 4.41. The van der Waals surface area contributed by atoms with Gasteiger partial charge in [0.15, 0.2) is 6.61 Å². The molecule has 1 unspecified atom stereocenters. The molecule has 0 spiro atoms. The lowest BCUT2D eigenvalue weighted by molar-refractivity contribution is -0.123. The number of aromatic nitrogens is 1. The van der Waals surface area contributed by atoms with E-state index in [0.717, 1.165) is 5.56 Å². The number of para-hydroxylation sites is 1. The van der Waals surface area contributed by atoms with Crippen molar-refractivity contribution in [2.45, 2.75) is 13.0 Å². The molecule has 190 valence electrons. The standard InChI is InChI=1S/C31H25ClN2O4/c1-20-12-14-23(15-13-20)38-24-10-5-7-21(17-24)29(34-28(35)19-37-22-8-3-2-4-9-22)26-18-27(32)25-11-6-16-33-30(25)31(26)36/h2-18,29,36H,19H2,1H3,(H,34,35). The number of fused-ring (bicyclic) bond motifs is 1. The highest BCUT2D eigenvalue weighted by Gasteiger charge is 2.24. The molecule has 0 aliphatic carbocycles. The number of carbonyl (C=O) groups excluding carboxylic acids is 1. The first-order valence-electron chi connectivity index (χ1n) is 12.1. The maximum Gasteiger partial charge on any atom is 0.258 e. The number of benzene rings is 4. The second-order valence-electron chi connectivity index (χ2n) is 8.79. The number of rotatable bonds is 8. The van der Waals surface area contributed by atoms with E-state index in [0.29, 0.717) is 44.3 Å². The molecule has 1 aromatic heterocycles. The van der Waals surface area contributed by atoms with Crippen LogP contribution >= 0.6 is 11.6 Å². The lowest BCUT2D eigenvalue weighted by atomic mass is 9.96. The summed E-state index contributed by atoms with van der Waals surface area (Å²) < 4.78 is 11.7. The van der Waals surface area contributed by atoms with Crippen LogP contribution in [0.25, 0.3) is 10.9 Å². The van der Waals surface area contributed by atoms with E-state index in [1.807, 2.05) is 73.7 Å². The van der Waals surface area contributed by atoms with Crippen LogP contribution < -0.4 is 14.8 Å². The number of nitrogens with one attached hydrogen (secondary N) is 1. The maximum absolute atomic E-state index is 13.0. The lowest BCUT2D eigenvalue weighted by Gasteiger charge is -2.22. The molecule has 2 N–H and O–H groups in total. The Morgan fingerprint density at radius 1 is 0.921 bits per heavy atom. The number of ether oxygens (including phenoxy) is 2. The highest BCUT2D eigenvalue weighted by atomic mass is 35.5. The molecule has 1 amide bonds. The summed E-state index contributed by atoms with van der Waals surface area (Å²) in [5.74, 6) is 1.40. The highest BCUT2D eigenvalue weighted by molar-refractivity contribution is 6.35. The molecule has 0 fully saturated rings. The van der Waals surface area contributed by atoms with E-state index >= 15 is 0 Å². The molecule has 0 saturated carbocycles. The van der Waals surface area contributed by atoms with Gasteiger partial charge >= 0.3 is 0 Å². The quantitative estimate of drug-likeness (QED) is 0.229. The molecular formula is C31H25ClN2O4. The molecule has 0 aliphatic rings. The smallest absolute Gasteiger partial charge is 0.258 e. The SMILES string of the molecule is Cc1ccc(Oc2cccc(C(NC(=O)COc3ccccc3)c3cc(Cl)c4cccnc4c3O)c2)cc1. The molecule has 0 aliphatic heterocycles. The van der Waals surface area contributed by atoms with Gasteiger partial charge in [0.05, 0.1) is 11.1 Å². The lowest BCUT2D eigenvalue weighted by Crippen LogP contribution is -2.33. The van der Waals surface area contributed by atoms with Gasteiger partial charge in [0.2, 0.25) is 0 Å². The Morgan fingerprint density at radius 2 is 1.68 bits per heavy atom. The molecular weight excluding hydrogens is 500 g/mol. The summed E-state index contributed by atoms with van der Waals surface area (Å²) in [6.07, 6.45) is 1.58. The molecule has 0 saturated heterocycles. The summed E-state index contributed by atoms with van der Waals surface area (Å²) >= 11 is 6.58. The van der Waals surface area contributed by atoms with Crippen molar-refractivity contribution in [3.05, 3.63) is 125 Å². The Labute approximate surface area is 225 Å². The molecule has 4 aromatic carbocycles. The second-order valence-corrected chi connectivity index (χ2v) is 9.19. The molecule has 1 atom stereocenters. The second kappa shape index (κ2) is 11.2. The number of carbonyl (C=O) groups is 1. The van der Waals surface area contributed by atoms with Crippen molar-refractivity contribution in [1.29, 1.82) is 0 Å². The van der Waals surface area contributed by atoms with Crippen LogP contribution in [0.2, 0.25) is 5.02 Å². The Balaban J connectivity index is 1.50. The average Bonchev–Trinajstić information content (AvgIpc) is 2.95. The van der Waals surface area contributed by atoms with Crippen molar-refractivity contribution in [2.75, 3.05) is 6.61 Å². The molecule has 5 aromatic rings. The summed E-state index contributed by atoms with van der Waals surface area (Å²) in [5.41, 5.74) is 2.57. The largest absolute Gasteiger partial charge is 0.505 e. The first-order chi connectivity index (χ1) is 18.5. The summed E-state index contributed by atoms with van der Waals surface area (Å²) in [5, 5.41) is 15.2.